The molecule has 3 aromatic rings. The van der Waals surface area contributed by atoms with E-state index in [1.165, 1.54) is 0 Å². The number of anilines is 1. The van der Waals surface area contributed by atoms with Crippen molar-refractivity contribution in [2.24, 2.45) is 0 Å². The molecule has 4 rings (SSSR count). The zero-order valence-corrected chi connectivity index (χ0v) is 17.9. The van der Waals surface area contributed by atoms with Crippen LogP contribution in [0.25, 0.3) is 21.9 Å². The Morgan fingerprint density at radius 1 is 1.27 bits per heavy atom. The van der Waals surface area contributed by atoms with Gasteiger partial charge in [-0.05, 0) is 58.8 Å². The molecule has 0 spiro atoms. The standard InChI is InChI=1S/C22H31N5O3/c1-4-29-12-18-26-19-20(27(18)13-22(2,3)28)16-6-5-15(11-17(16)25-21(19)23)30-14-7-9-24-10-8-14/h5-6,11,14,24,28H,4,7-10,12-13H2,1-3H3,(H2,23,25). The van der Waals surface area contributed by atoms with Crippen LogP contribution in [0, 0.1) is 0 Å². The zero-order valence-electron chi connectivity index (χ0n) is 17.9. The summed E-state index contributed by atoms with van der Waals surface area (Å²) in [5.41, 5.74) is 7.62. The number of aromatic nitrogens is 3. The molecule has 4 N–H and O–H groups in total. The van der Waals surface area contributed by atoms with Crippen LogP contribution >= 0.6 is 0 Å². The van der Waals surface area contributed by atoms with Crippen LogP contribution in [0.1, 0.15) is 39.4 Å². The van der Waals surface area contributed by atoms with Crippen molar-refractivity contribution in [1.82, 2.24) is 19.9 Å². The van der Waals surface area contributed by atoms with E-state index in [1.807, 2.05) is 29.7 Å². The number of nitrogens with two attached hydrogens (primary N) is 1. The van der Waals surface area contributed by atoms with Gasteiger partial charge >= 0.3 is 0 Å². The van der Waals surface area contributed by atoms with Crippen molar-refractivity contribution < 1.29 is 14.6 Å². The highest BCUT2D eigenvalue weighted by Crippen LogP contribution is 2.32. The van der Waals surface area contributed by atoms with Gasteiger partial charge in [0.15, 0.2) is 5.82 Å². The number of hydrogen-bond donors (Lipinski definition) is 3. The molecule has 0 radical (unpaired) electrons. The third kappa shape index (κ3) is 4.35. The first kappa shape index (κ1) is 20.8. The van der Waals surface area contributed by atoms with Crippen molar-refractivity contribution in [3.05, 3.63) is 24.0 Å². The molecule has 1 saturated heterocycles. The van der Waals surface area contributed by atoms with E-state index in [1.54, 1.807) is 13.8 Å². The lowest BCUT2D eigenvalue weighted by atomic mass is 10.1. The summed E-state index contributed by atoms with van der Waals surface area (Å²) in [6.07, 6.45) is 2.20. The predicted octanol–water partition coefficient (Wildman–Crippen LogP) is 2.60. The largest absolute Gasteiger partial charge is 0.490 e. The lowest BCUT2D eigenvalue weighted by Gasteiger charge is -2.24. The summed E-state index contributed by atoms with van der Waals surface area (Å²) in [5.74, 6) is 1.89. The quantitative estimate of drug-likeness (QED) is 0.546. The normalized spacial score (nSPS) is 15.9. The van der Waals surface area contributed by atoms with E-state index < -0.39 is 5.60 Å². The predicted molar refractivity (Wildman–Crippen MR) is 118 cm³/mol. The minimum atomic E-state index is -0.920. The van der Waals surface area contributed by atoms with Gasteiger partial charge in [-0.3, -0.25) is 0 Å². The Kier molecular flexibility index (Phi) is 5.81. The van der Waals surface area contributed by atoms with Gasteiger partial charge in [-0.1, -0.05) is 0 Å². The number of fused-ring (bicyclic) bond motifs is 3. The minimum absolute atomic E-state index is 0.211. The Hall–Kier alpha value is -2.42. The second-order valence-corrected chi connectivity index (χ2v) is 8.50. The van der Waals surface area contributed by atoms with Crippen LogP contribution in [-0.4, -0.2) is 51.0 Å². The fourth-order valence-corrected chi connectivity index (χ4v) is 3.98. The molecule has 0 bridgehead atoms. The Morgan fingerprint density at radius 2 is 2.03 bits per heavy atom. The summed E-state index contributed by atoms with van der Waals surface area (Å²) in [7, 11) is 0. The molecular weight excluding hydrogens is 382 g/mol. The third-order valence-electron chi connectivity index (χ3n) is 5.32. The summed E-state index contributed by atoms with van der Waals surface area (Å²) in [6, 6.07) is 5.93. The van der Waals surface area contributed by atoms with Crippen LogP contribution in [0.5, 0.6) is 5.75 Å². The Balaban J connectivity index is 1.81. The lowest BCUT2D eigenvalue weighted by Crippen LogP contribution is -2.34. The maximum Gasteiger partial charge on any atom is 0.152 e. The summed E-state index contributed by atoms with van der Waals surface area (Å²) >= 11 is 0. The van der Waals surface area contributed by atoms with E-state index in [0.29, 0.717) is 31.1 Å². The molecule has 0 saturated carbocycles. The van der Waals surface area contributed by atoms with Crippen molar-refractivity contribution in [2.45, 2.75) is 58.5 Å². The molecule has 0 atom stereocenters. The average Bonchev–Trinajstić information content (AvgIpc) is 3.04. The maximum absolute atomic E-state index is 10.5. The molecule has 30 heavy (non-hydrogen) atoms. The number of imidazole rings is 1. The highest BCUT2D eigenvalue weighted by molar-refractivity contribution is 6.06. The number of benzene rings is 1. The van der Waals surface area contributed by atoms with Crippen LogP contribution < -0.4 is 15.8 Å². The Labute approximate surface area is 176 Å². The number of ether oxygens (including phenoxy) is 2. The van der Waals surface area contributed by atoms with E-state index in [0.717, 1.165) is 53.9 Å². The topological polar surface area (TPSA) is 107 Å². The summed E-state index contributed by atoms with van der Waals surface area (Å²) in [6.45, 7) is 8.75. The van der Waals surface area contributed by atoms with Crippen LogP contribution in [0.3, 0.4) is 0 Å². The molecule has 3 heterocycles. The van der Waals surface area contributed by atoms with Crippen molar-refractivity contribution in [2.75, 3.05) is 25.4 Å². The highest BCUT2D eigenvalue weighted by atomic mass is 16.5. The van der Waals surface area contributed by atoms with E-state index in [2.05, 4.69) is 10.3 Å². The zero-order chi connectivity index (χ0) is 21.3. The Bertz CT molecular complexity index is 1030. The van der Waals surface area contributed by atoms with E-state index in [-0.39, 0.29) is 6.10 Å². The van der Waals surface area contributed by atoms with Crippen molar-refractivity contribution >= 4 is 27.8 Å². The molecule has 1 aromatic carbocycles. The number of aliphatic hydroxyl groups is 1. The molecule has 2 aromatic heterocycles. The minimum Gasteiger partial charge on any atom is -0.490 e. The molecule has 1 aliphatic rings. The van der Waals surface area contributed by atoms with E-state index >= 15 is 0 Å². The molecule has 0 unspecified atom stereocenters. The number of hydrogen-bond acceptors (Lipinski definition) is 7. The number of piperidine rings is 1. The van der Waals surface area contributed by atoms with Gasteiger partial charge < -0.3 is 30.2 Å². The third-order valence-corrected chi connectivity index (χ3v) is 5.32. The second-order valence-electron chi connectivity index (χ2n) is 8.50. The SMILES string of the molecule is CCOCc1nc2c(N)nc3cc(OC4CCNCC4)ccc3c2n1CC(C)(C)O. The average molecular weight is 414 g/mol. The van der Waals surface area contributed by atoms with Gasteiger partial charge in [0.25, 0.3) is 0 Å². The van der Waals surface area contributed by atoms with Gasteiger partial charge in [0.1, 0.15) is 29.8 Å². The van der Waals surface area contributed by atoms with Crippen LogP contribution in [0.15, 0.2) is 18.2 Å². The molecule has 0 aliphatic carbocycles. The molecular formula is C22H31N5O3. The summed E-state index contributed by atoms with van der Waals surface area (Å²) in [4.78, 5) is 9.30. The monoisotopic (exact) mass is 413 g/mol. The molecule has 1 aliphatic heterocycles. The fraction of sp³-hybridized carbons (Fsp3) is 0.545. The second kappa shape index (κ2) is 8.37. The van der Waals surface area contributed by atoms with Crippen molar-refractivity contribution in [3.63, 3.8) is 0 Å². The molecule has 1 fully saturated rings. The summed E-state index contributed by atoms with van der Waals surface area (Å²) < 4.78 is 13.8. The number of nitrogens with one attached hydrogen (secondary N) is 1. The first-order valence-electron chi connectivity index (χ1n) is 10.6. The summed E-state index contributed by atoms with van der Waals surface area (Å²) in [5, 5.41) is 14.8. The molecule has 0 amide bonds. The maximum atomic E-state index is 10.5. The number of pyridine rings is 1. The lowest BCUT2D eigenvalue weighted by molar-refractivity contribution is 0.0582. The molecule has 8 heteroatoms. The molecule has 8 nitrogen and oxygen atoms in total. The highest BCUT2D eigenvalue weighted by Gasteiger charge is 2.23. The van der Waals surface area contributed by atoms with E-state index in [4.69, 9.17) is 20.2 Å². The van der Waals surface area contributed by atoms with Gasteiger partial charge in [0, 0.05) is 18.1 Å². The van der Waals surface area contributed by atoms with Gasteiger partial charge in [0.05, 0.1) is 23.2 Å². The van der Waals surface area contributed by atoms with Crippen molar-refractivity contribution in [1.29, 1.82) is 0 Å². The van der Waals surface area contributed by atoms with Crippen LogP contribution in [-0.2, 0) is 17.9 Å². The van der Waals surface area contributed by atoms with Crippen LogP contribution in [0.4, 0.5) is 5.82 Å². The van der Waals surface area contributed by atoms with Gasteiger partial charge in [-0.25, -0.2) is 9.97 Å². The smallest absolute Gasteiger partial charge is 0.152 e. The van der Waals surface area contributed by atoms with Gasteiger partial charge in [-0.15, -0.1) is 0 Å². The van der Waals surface area contributed by atoms with Crippen molar-refractivity contribution in [3.8, 4) is 5.75 Å². The van der Waals surface area contributed by atoms with Gasteiger partial charge in [0.2, 0.25) is 0 Å². The van der Waals surface area contributed by atoms with Crippen LogP contribution in [0.2, 0.25) is 0 Å². The first-order chi connectivity index (χ1) is 14.4. The number of nitrogen functional groups attached to an aromatic ring is 1. The number of nitrogens with zero attached hydrogens (tertiary/aromatic N) is 3. The first-order valence-corrected chi connectivity index (χ1v) is 10.6. The molecule has 162 valence electrons. The van der Waals surface area contributed by atoms with E-state index in [9.17, 15) is 5.11 Å². The fourth-order valence-electron chi connectivity index (χ4n) is 3.98. The van der Waals surface area contributed by atoms with Gasteiger partial charge in [-0.2, -0.15) is 0 Å². The Morgan fingerprint density at radius 3 is 2.73 bits per heavy atom. The number of rotatable bonds is 7.